The van der Waals surface area contributed by atoms with Gasteiger partial charge in [-0.2, -0.15) is 0 Å². The SMILES string of the molecule is [Cl-].[Mn+2].[Na+].[O-2]. The van der Waals surface area contributed by atoms with E-state index >= 15 is 0 Å². The molecule has 0 aliphatic heterocycles. The maximum absolute atomic E-state index is 0. The molecule has 0 atom stereocenters. The third-order valence-electron chi connectivity index (χ3n) is 0. The van der Waals surface area contributed by atoms with Crippen LogP contribution in [-0.2, 0) is 22.5 Å². The quantitative estimate of drug-likeness (QED) is 0.291. The Balaban J connectivity index is 0. The van der Waals surface area contributed by atoms with E-state index in [1.54, 1.807) is 0 Å². The molecule has 0 amide bonds. The smallest absolute Gasteiger partial charge is 2.00 e. The second-order valence-corrected chi connectivity index (χ2v) is 0. The first-order chi connectivity index (χ1) is 0. The van der Waals surface area contributed by atoms with Crippen molar-refractivity contribution in [3.05, 3.63) is 0 Å². The van der Waals surface area contributed by atoms with E-state index in [0.717, 1.165) is 0 Å². The second kappa shape index (κ2) is 21.6. The summed E-state index contributed by atoms with van der Waals surface area (Å²) in [5.41, 5.74) is 0. The molecule has 0 aliphatic rings. The van der Waals surface area contributed by atoms with Crippen LogP contribution in [-0.4, -0.2) is 0 Å². The summed E-state index contributed by atoms with van der Waals surface area (Å²) in [5, 5.41) is 0. The topological polar surface area (TPSA) is 28.5 Å². The van der Waals surface area contributed by atoms with Crippen LogP contribution in [0.1, 0.15) is 0 Å². The molecule has 0 saturated carbocycles. The molecule has 0 N–H and O–H groups in total. The van der Waals surface area contributed by atoms with Gasteiger partial charge in [-0.25, -0.2) is 0 Å². The molecule has 0 aliphatic carbocycles. The molecule has 0 heterocycles. The predicted molar refractivity (Wildman–Crippen MR) is 0.686 cm³/mol. The molecule has 0 spiro atoms. The van der Waals surface area contributed by atoms with Crippen LogP contribution < -0.4 is 42.0 Å². The third-order valence-corrected chi connectivity index (χ3v) is 0. The largest absolute Gasteiger partial charge is 2.00 e. The Morgan fingerprint density at radius 3 is 1.00 bits per heavy atom. The minimum Gasteiger partial charge on any atom is -2.00 e. The van der Waals surface area contributed by atoms with Crippen molar-refractivity contribution in [1.29, 1.82) is 0 Å². The van der Waals surface area contributed by atoms with Crippen molar-refractivity contribution < 1.29 is 64.5 Å². The summed E-state index contributed by atoms with van der Waals surface area (Å²) in [6.07, 6.45) is 0. The van der Waals surface area contributed by atoms with E-state index in [-0.39, 0.29) is 64.5 Å². The summed E-state index contributed by atoms with van der Waals surface area (Å²) in [5.74, 6) is 0. The van der Waals surface area contributed by atoms with Crippen molar-refractivity contribution in [3.8, 4) is 0 Å². The molecule has 1 radical (unpaired) electrons. The van der Waals surface area contributed by atoms with E-state index in [2.05, 4.69) is 0 Å². The van der Waals surface area contributed by atoms with Gasteiger partial charge in [0.25, 0.3) is 0 Å². The Morgan fingerprint density at radius 2 is 1.00 bits per heavy atom. The van der Waals surface area contributed by atoms with Crippen LogP contribution in [0.4, 0.5) is 0 Å². The van der Waals surface area contributed by atoms with Gasteiger partial charge in [0.2, 0.25) is 0 Å². The van der Waals surface area contributed by atoms with Crippen LogP contribution in [0, 0.1) is 0 Å². The van der Waals surface area contributed by atoms with Crippen molar-refractivity contribution in [1.82, 2.24) is 0 Å². The molecular formula is ClMnNaO. The Morgan fingerprint density at radius 1 is 1.00 bits per heavy atom. The Hall–Kier alpha value is 1.77. The van der Waals surface area contributed by atoms with Crippen molar-refractivity contribution in [2.75, 3.05) is 0 Å². The molecule has 0 aromatic carbocycles. The fraction of sp³-hybridized carbons (Fsp3) is 0. The van der Waals surface area contributed by atoms with E-state index in [1.807, 2.05) is 0 Å². The average Bonchev–Trinajstić information content (AvgIpc) is 0. The van der Waals surface area contributed by atoms with Gasteiger partial charge in [-0.3, -0.25) is 0 Å². The molecule has 1 nitrogen and oxygen atoms in total. The Kier molecular flexibility index (Phi) is 227. The van der Waals surface area contributed by atoms with Crippen LogP contribution in [0.15, 0.2) is 0 Å². The molecule has 0 aromatic rings. The molecule has 0 rings (SSSR count). The zero-order chi connectivity index (χ0) is 0. The van der Waals surface area contributed by atoms with Crippen LogP contribution in [0.5, 0.6) is 0 Å². The van der Waals surface area contributed by atoms with Crippen LogP contribution in [0.3, 0.4) is 0 Å². The summed E-state index contributed by atoms with van der Waals surface area (Å²) in [6.45, 7) is 0. The van der Waals surface area contributed by atoms with Gasteiger partial charge in [-0.05, 0) is 0 Å². The summed E-state index contributed by atoms with van der Waals surface area (Å²) in [7, 11) is 0. The zero-order valence-corrected chi connectivity index (χ0v) is 6.10. The fourth-order valence-electron chi connectivity index (χ4n) is 0. The van der Waals surface area contributed by atoms with Gasteiger partial charge < -0.3 is 17.9 Å². The first kappa shape index (κ1) is 41.9. The molecule has 0 fully saturated rings. The van der Waals surface area contributed by atoms with Crippen LogP contribution >= 0.6 is 0 Å². The summed E-state index contributed by atoms with van der Waals surface area (Å²) in [4.78, 5) is 0. The number of hydrogen-bond acceptors (Lipinski definition) is 0. The van der Waals surface area contributed by atoms with E-state index in [0.29, 0.717) is 0 Å². The first-order valence-corrected chi connectivity index (χ1v) is 0. The predicted octanol–water partition coefficient (Wildman–Crippen LogP) is -6.11. The summed E-state index contributed by atoms with van der Waals surface area (Å²) in [6, 6.07) is 0. The average molecular weight is 129 g/mol. The zero-order valence-electron chi connectivity index (χ0n) is 2.16. The second-order valence-electron chi connectivity index (χ2n) is 0. The molecular weight excluding hydrogens is 129 g/mol. The monoisotopic (exact) mass is 129 g/mol. The maximum atomic E-state index is 0. The molecule has 0 bridgehead atoms. The molecule has 21 valence electrons. The first-order valence-electron chi connectivity index (χ1n) is 0. The number of halogens is 1. The maximum Gasteiger partial charge on any atom is 2.00 e. The minimum atomic E-state index is 0. The number of rotatable bonds is 0. The van der Waals surface area contributed by atoms with Crippen molar-refractivity contribution >= 4 is 0 Å². The fourth-order valence-corrected chi connectivity index (χ4v) is 0. The van der Waals surface area contributed by atoms with E-state index in [9.17, 15) is 0 Å². The van der Waals surface area contributed by atoms with Gasteiger partial charge >= 0.3 is 46.6 Å². The molecule has 0 saturated heterocycles. The van der Waals surface area contributed by atoms with Gasteiger partial charge in [0.15, 0.2) is 0 Å². The molecule has 4 heavy (non-hydrogen) atoms. The van der Waals surface area contributed by atoms with Crippen molar-refractivity contribution in [3.63, 3.8) is 0 Å². The van der Waals surface area contributed by atoms with Gasteiger partial charge in [-0.15, -0.1) is 0 Å². The number of hydrogen-bond donors (Lipinski definition) is 0. The van der Waals surface area contributed by atoms with E-state index in [1.165, 1.54) is 0 Å². The van der Waals surface area contributed by atoms with Crippen molar-refractivity contribution in [2.24, 2.45) is 0 Å². The van der Waals surface area contributed by atoms with Crippen LogP contribution in [0.25, 0.3) is 0 Å². The van der Waals surface area contributed by atoms with Gasteiger partial charge in [0.05, 0.1) is 0 Å². The molecule has 0 unspecified atom stereocenters. The van der Waals surface area contributed by atoms with E-state index < -0.39 is 0 Å². The summed E-state index contributed by atoms with van der Waals surface area (Å²) < 4.78 is 0. The standard InChI is InChI=1S/ClH.Mn.Na.O/h1H;;;/q;+2;+1;-2/p-1. The molecule has 4 heteroatoms. The van der Waals surface area contributed by atoms with Gasteiger partial charge in [0.1, 0.15) is 0 Å². The van der Waals surface area contributed by atoms with Gasteiger partial charge in [0, 0.05) is 0 Å². The summed E-state index contributed by atoms with van der Waals surface area (Å²) >= 11 is 0. The minimum absolute atomic E-state index is 0. The normalized spacial score (nSPS) is 0. The van der Waals surface area contributed by atoms with Gasteiger partial charge in [-0.1, -0.05) is 0 Å². The third kappa shape index (κ3) is 9.23. The van der Waals surface area contributed by atoms with E-state index in [4.69, 9.17) is 0 Å². The molecule has 0 aromatic heterocycles. The Bertz CT molecular complexity index is 8.00. The van der Waals surface area contributed by atoms with Crippen LogP contribution in [0.2, 0.25) is 0 Å². The Labute approximate surface area is 64.0 Å². The van der Waals surface area contributed by atoms with Crippen molar-refractivity contribution in [2.45, 2.75) is 0 Å².